The number of allylic oxidation sites excluding steroid dienone is 5. The number of fused-ring (bicyclic) bond motifs is 1. The fourth-order valence-electron chi connectivity index (χ4n) is 3.07. The highest BCUT2D eigenvalue weighted by Gasteiger charge is 2.47. The summed E-state index contributed by atoms with van der Waals surface area (Å²) in [7, 11) is 0. The molecule has 2 aliphatic carbocycles. The highest BCUT2D eigenvalue weighted by molar-refractivity contribution is 5.93. The van der Waals surface area contributed by atoms with Gasteiger partial charge in [-0.05, 0) is 38.3 Å². The highest BCUT2D eigenvalue weighted by atomic mass is 16.1. The van der Waals surface area contributed by atoms with E-state index >= 15 is 0 Å². The van der Waals surface area contributed by atoms with Crippen molar-refractivity contribution < 1.29 is 4.79 Å². The van der Waals surface area contributed by atoms with Crippen molar-refractivity contribution in [2.75, 3.05) is 0 Å². The fourth-order valence-corrected chi connectivity index (χ4v) is 3.07. The number of carbonyl (C=O) groups excluding carboxylic acids is 1. The van der Waals surface area contributed by atoms with Gasteiger partial charge in [0.2, 0.25) is 0 Å². The molecule has 2 atom stereocenters. The smallest absolute Gasteiger partial charge is 0.156 e. The van der Waals surface area contributed by atoms with Crippen LogP contribution in [0.5, 0.6) is 0 Å². The maximum atomic E-state index is 11.6. The molecule has 0 spiro atoms. The maximum absolute atomic E-state index is 11.6. The predicted molar refractivity (Wildman–Crippen MR) is 67.0 cm³/mol. The number of ketones is 1. The highest BCUT2D eigenvalue weighted by Crippen LogP contribution is 2.52. The van der Waals surface area contributed by atoms with Gasteiger partial charge in [0, 0.05) is 12.3 Å². The van der Waals surface area contributed by atoms with Gasteiger partial charge in [0.05, 0.1) is 11.5 Å². The summed E-state index contributed by atoms with van der Waals surface area (Å²) in [6.07, 6.45) is 5.78. The van der Waals surface area contributed by atoms with Gasteiger partial charge in [0.1, 0.15) is 0 Å². The largest absolute Gasteiger partial charge is 0.295 e. The van der Waals surface area contributed by atoms with Crippen molar-refractivity contribution in [1.29, 1.82) is 5.26 Å². The second kappa shape index (κ2) is 4.00. The Bertz CT molecular complexity index is 490. The molecule has 0 aromatic carbocycles. The quantitative estimate of drug-likeness (QED) is 0.645. The average molecular weight is 227 g/mol. The first-order valence-corrected chi connectivity index (χ1v) is 6.00. The van der Waals surface area contributed by atoms with Gasteiger partial charge in [0.15, 0.2) is 5.78 Å². The van der Waals surface area contributed by atoms with Crippen LogP contribution in [0.25, 0.3) is 0 Å². The van der Waals surface area contributed by atoms with E-state index in [4.69, 9.17) is 0 Å². The lowest BCUT2D eigenvalue weighted by Gasteiger charge is -2.42. The van der Waals surface area contributed by atoms with Crippen LogP contribution in [0.15, 0.2) is 35.5 Å². The molecule has 0 fully saturated rings. The molecule has 2 heteroatoms. The molecule has 0 aliphatic heterocycles. The number of hydrogen-bond donors (Lipinski definition) is 0. The zero-order valence-electron chi connectivity index (χ0n) is 10.4. The van der Waals surface area contributed by atoms with E-state index in [0.29, 0.717) is 12.8 Å². The van der Waals surface area contributed by atoms with E-state index in [0.717, 1.165) is 23.1 Å². The Hall–Kier alpha value is -1.62. The minimum Gasteiger partial charge on any atom is -0.295 e. The third-order valence-electron chi connectivity index (χ3n) is 4.03. The second-order valence-corrected chi connectivity index (χ2v) is 5.13. The van der Waals surface area contributed by atoms with Gasteiger partial charge < -0.3 is 0 Å². The van der Waals surface area contributed by atoms with Crippen LogP contribution in [0, 0.1) is 22.7 Å². The summed E-state index contributed by atoms with van der Waals surface area (Å²) in [6, 6.07) is 2.48. The molecule has 0 heterocycles. The molecular weight excluding hydrogens is 210 g/mol. The summed E-state index contributed by atoms with van der Waals surface area (Å²) in [5.41, 5.74) is 2.53. The summed E-state index contributed by atoms with van der Waals surface area (Å²) < 4.78 is 0. The molecule has 0 bridgehead atoms. The van der Waals surface area contributed by atoms with E-state index in [9.17, 15) is 10.1 Å². The third kappa shape index (κ3) is 1.67. The first-order valence-electron chi connectivity index (χ1n) is 6.00. The Morgan fingerprint density at radius 2 is 2.35 bits per heavy atom. The van der Waals surface area contributed by atoms with Crippen molar-refractivity contribution >= 4 is 5.78 Å². The van der Waals surface area contributed by atoms with Crippen LogP contribution in [-0.4, -0.2) is 5.78 Å². The lowest BCUT2D eigenvalue weighted by Crippen LogP contribution is -2.38. The Balaban J connectivity index is 2.61. The van der Waals surface area contributed by atoms with E-state index in [-0.39, 0.29) is 11.7 Å². The van der Waals surface area contributed by atoms with Crippen molar-refractivity contribution in [3.63, 3.8) is 0 Å². The standard InChI is InChI=1S/C15H17NO/c1-10(2)13-5-4-11(3)14-8-12(17)6-7-15(13,14)9-16/h4,8,13H,1,5-7H2,2-3H3/t13-,15+/m1/s1. The van der Waals surface area contributed by atoms with Crippen LogP contribution in [0.3, 0.4) is 0 Å². The van der Waals surface area contributed by atoms with Crippen molar-refractivity contribution in [3.8, 4) is 6.07 Å². The van der Waals surface area contributed by atoms with Gasteiger partial charge in [-0.1, -0.05) is 23.8 Å². The molecule has 2 rings (SSSR count). The third-order valence-corrected chi connectivity index (χ3v) is 4.03. The summed E-state index contributed by atoms with van der Waals surface area (Å²) in [5, 5.41) is 9.63. The topological polar surface area (TPSA) is 40.9 Å². The van der Waals surface area contributed by atoms with E-state index in [1.807, 2.05) is 13.8 Å². The molecule has 0 unspecified atom stereocenters. The van der Waals surface area contributed by atoms with Gasteiger partial charge in [-0.25, -0.2) is 0 Å². The Morgan fingerprint density at radius 3 is 2.94 bits per heavy atom. The molecule has 0 N–H and O–H groups in total. The lowest BCUT2D eigenvalue weighted by molar-refractivity contribution is -0.115. The first kappa shape index (κ1) is 11.9. The minimum atomic E-state index is -0.515. The van der Waals surface area contributed by atoms with E-state index < -0.39 is 5.41 Å². The Morgan fingerprint density at radius 1 is 1.65 bits per heavy atom. The van der Waals surface area contributed by atoms with Crippen LogP contribution in [0.2, 0.25) is 0 Å². The number of hydrogen-bond acceptors (Lipinski definition) is 2. The molecule has 0 aromatic heterocycles. The normalized spacial score (nSPS) is 32.1. The molecule has 0 aromatic rings. The number of nitrogens with zero attached hydrogens (tertiary/aromatic N) is 1. The SMILES string of the molecule is C=C(C)[C@H]1CC=C(C)C2=CC(=O)CC[C@@]21C#N. The van der Waals surface area contributed by atoms with E-state index in [2.05, 4.69) is 18.7 Å². The van der Waals surface area contributed by atoms with Crippen LogP contribution in [0.4, 0.5) is 0 Å². The molecule has 0 radical (unpaired) electrons. The lowest BCUT2D eigenvalue weighted by atomic mass is 9.58. The Labute approximate surface area is 102 Å². The molecule has 0 saturated heterocycles. The molecule has 2 nitrogen and oxygen atoms in total. The summed E-state index contributed by atoms with van der Waals surface area (Å²) in [4.78, 5) is 11.6. The van der Waals surface area contributed by atoms with Crippen molar-refractivity contribution in [2.24, 2.45) is 11.3 Å². The number of nitriles is 1. The first-order chi connectivity index (χ1) is 8.01. The van der Waals surface area contributed by atoms with Crippen molar-refractivity contribution in [3.05, 3.63) is 35.5 Å². The van der Waals surface area contributed by atoms with Crippen LogP contribution >= 0.6 is 0 Å². The van der Waals surface area contributed by atoms with Crippen LogP contribution < -0.4 is 0 Å². The minimum absolute atomic E-state index is 0.140. The summed E-state index contributed by atoms with van der Waals surface area (Å²) in [5.74, 6) is 0.288. The molecule has 88 valence electrons. The maximum Gasteiger partial charge on any atom is 0.156 e. The number of carbonyl (C=O) groups is 1. The van der Waals surface area contributed by atoms with Crippen LogP contribution in [-0.2, 0) is 4.79 Å². The Kier molecular flexibility index (Phi) is 2.79. The van der Waals surface area contributed by atoms with Gasteiger partial charge in [-0.2, -0.15) is 5.26 Å². The fraction of sp³-hybridized carbons (Fsp3) is 0.467. The summed E-state index contributed by atoms with van der Waals surface area (Å²) in [6.45, 7) is 7.98. The molecule has 17 heavy (non-hydrogen) atoms. The van der Waals surface area contributed by atoms with E-state index in [1.54, 1.807) is 6.08 Å². The molecular formula is C15H17NO. The van der Waals surface area contributed by atoms with Crippen LogP contribution in [0.1, 0.15) is 33.1 Å². The van der Waals surface area contributed by atoms with Crippen molar-refractivity contribution in [1.82, 2.24) is 0 Å². The zero-order valence-corrected chi connectivity index (χ0v) is 10.4. The summed E-state index contributed by atoms with van der Waals surface area (Å²) >= 11 is 0. The van der Waals surface area contributed by atoms with E-state index in [1.165, 1.54) is 0 Å². The van der Waals surface area contributed by atoms with Gasteiger partial charge >= 0.3 is 0 Å². The predicted octanol–water partition coefficient (Wildman–Crippen LogP) is 3.33. The van der Waals surface area contributed by atoms with Gasteiger partial charge in [0.25, 0.3) is 0 Å². The van der Waals surface area contributed by atoms with Crippen molar-refractivity contribution in [2.45, 2.75) is 33.1 Å². The molecule has 0 amide bonds. The number of rotatable bonds is 1. The van der Waals surface area contributed by atoms with Gasteiger partial charge in [-0.15, -0.1) is 0 Å². The zero-order chi connectivity index (χ0) is 12.6. The second-order valence-electron chi connectivity index (χ2n) is 5.13. The van der Waals surface area contributed by atoms with Gasteiger partial charge in [-0.3, -0.25) is 4.79 Å². The molecule has 2 aliphatic rings. The molecule has 0 saturated carbocycles. The monoisotopic (exact) mass is 227 g/mol. The average Bonchev–Trinajstić information content (AvgIpc) is 2.30.